The third-order valence-electron chi connectivity index (χ3n) is 5.67. The van der Waals surface area contributed by atoms with E-state index >= 15 is 0 Å². The van der Waals surface area contributed by atoms with Crippen LogP contribution in [0.3, 0.4) is 0 Å². The van der Waals surface area contributed by atoms with Gasteiger partial charge in [0.2, 0.25) is 0 Å². The minimum atomic E-state index is 0.784. The summed E-state index contributed by atoms with van der Waals surface area (Å²) in [4.78, 5) is 2.78. The van der Waals surface area contributed by atoms with Crippen LogP contribution in [-0.2, 0) is 0 Å². The number of hydrogen-bond donors (Lipinski definition) is 1. The van der Waals surface area contributed by atoms with Crippen LogP contribution in [0.4, 0.5) is 0 Å². The molecule has 2 nitrogen and oxygen atoms in total. The molecule has 0 aromatic rings. The van der Waals surface area contributed by atoms with E-state index in [1.165, 1.54) is 71.0 Å². The largest absolute Gasteiger partial charge is 0.312 e. The molecule has 0 aromatic carbocycles. The Kier molecular flexibility index (Phi) is 4.25. The zero-order valence-corrected chi connectivity index (χ0v) is 12.0. The van der Waals surface area contributed by atoms with Crippen molar-refractivity contribution in [3.05, 3.63) is 0 Å². The highest BCUT2D eigenvalue weighted by Crippen LogP contribution is 2.33. The molecule has 1 heterocycles. The summed E-state index contributed by atoms with van der Waals surface area (Å²) < 4.78 is 0. The van der Waals surface area contributed by atoms with Gasteiger partial charge >= 0.3 is 0 Å². The lowest BCUT2D eigenvalue weighted by molar-refractivity contribution is 0.0437. The van der Waals surface area contributed by atoms with E-state index in [2.05, 4.69) is 17.1 Å². The first kappa shape index (κ1) is 12.9. The summed E-state index contributed by atoms with van der Waals surface area (Å²) in [6.07, 6.45) is 11.6. The van der Waals surface area contributed by atoms with Gasteiger partial charge in [-0.25, -0.2) is 0 Å². The molecule has 3 unspecified atom stereocenters. The summed E-state index contributed by atoms with van der Waals surface area (Å²) in [6.45, 7) is 6.40. The van der Waals surface area contributed by atoms with Crippen molar-refractivity contribution in [2.45, 2.75) is 70.4 Å². The highest BCUT2D eigenvalue weighted by atomic mass is 15.2. The maximum Gasteiger partial charge on any atom is 0.0195 e. The van der Waals surface area contributed by atoms with Gasteiger partial charge in [0, 0.05) is 18.6 Å². The van der Waals surface area contributed by atoms with Crippen molar-refractivity contribution in [2.75, 3.05) is 19.6 Å². The van der Waals surface area contributed by atoms with E-state index in [-0.39, 0.29) is 0 Å². The quantitative estimate of drug-likeness (QED) is 0.825. The number of likely N-dealkylation sites (tertiary alicyclic amines) is 1. The van der Waals surface area contributed by atoms with E-state index in [1.54, 1.807) is 0 Å². The summed E-state index contributed by atoms with van der Waals surface area (Å²) in [5.74, 6) is 1.95. The van der Waals surface area contributed by atoms with Crippen LogP contribution in [0.15, 0.2) is 0 Å². The van der Waals surface area contributed by atoms with Gasteiger partial charge in [-0.1, -0.05) is 19.8 Å². The molecule has 0 radical (unpaired) electrons. The summed E-state index contributed by atoms with van der Waals surface area (Å²) in [5.41, 5.74) is 0. The Morgan fingerprint density at radius 1 is 1.00 bits per heavy atom. The van der Waals surface area contributed by atoms with Crippen molar-refractivity contribution < 1.29 is 0 Å². The molecule has 1 N–H and O–H groups in total. The Labute approximate surface area is 113 Å². The third kappa shape index (κ3) is 2.91. The molecule has 2 aliphatic carbocycles. The van der Waals surface area contributed by atoms with Gasteiger partial charge in [-0.2, -0.15) is 0 Å². The second-order valence-corrected chi connectivity index (χ2v) is 7.01. The maximum absolute atomic E-state index is 3.87. The summed E-state index contributed by atoms with van der Waals surface area (Å²) in [5, 5.41) is 3.87. The molecule has 18 heavy (non-hydrogen) atoms. The Bertz CT molecular complexity index is 260. The van der Waals surface area contributed by atoms with Crippen molar-refractivity contribution in [3.8, 4) is 0 Å². The summed E-state index contributed by atoms with van der Waals surface area (Å²) >= 11 is 0. The van der Waals surface area contributed by atoms with Gasteiger partial charge in [-0.3, -0.25) is 4.90 Å². The second kappa shape index (κ2) is 5.92. The lowest BCUT2D eigenvalue weighted by Gasteiger charge is -2.46. The van der Waals surface area contributed by atoms with Gasteiger partial charge in [0.15, 0.2) is 0 Å². The Balaban J connectivity index is 1.42. The Hall–Kier alpha value is -0.0800. The first-order valence-electron chi connectivity index (χ1n) is 8.30. The minimum absolute atomic E-state index is 0.784. The average molecular weight is 250 g/mol. The van der Waals surface area contributed by atoms with Crippen LogP contribution < -0.4 is 5.32 Å². The van der Waals surface area contributed by atoms with E-state index in [0.29, 0.717) is 0 Å². The van der Waals surface area contributed by atoms with Crippen LogP contribution in [0.2, 0.25) is 0 Å². The standard InChI is InChI=1S/C16H30N2/c1-13-8-9-16(13)18-10-4-7-15(12-18)17-11-14-5-2-3-6-14/h13-17H,2-12H2,1H3. The van der Waals surface area contributed by atoms with Crippen LogP contribution in [-0.4, -0.2) is 36.6 Å². The highest BCUT2D eigenvalue weighted by Gasteiger charge is 2.34. The van der Waals surface area contributed by atoms with Gasteiger partial charge in [-0.05, 0) is 63.5 Å². The summed E-state index contributed by atoms with van der Waals surface area (Å²) in [7, 11) is 0. The van der Waals surface area contributed by atoms with Crippen molar-refractivity contribution in [2.24, 2.45) is 11.8 Å². The van der Waals surface area contributed by atoms with E-state index in [4.69, 9.17) is 0 Å². The first-order chi connectivity index (χ1) is 8.83. The number of nitrogens with one attached hydrogen (secondary N) is 1. The van der Waals surface area contributed by atoms with Crippen molar-refractivity contribution in [1.82, 2.24) is 10.2 Å². The summed E-state index contributed by atoms with van der Waals surface area (Å²) in [6, 6.07) is 1.70. The fraction of sp³-hybridized carbons (Fsp3) is 1.00. The van der Waals surface area contributed by atoms with Crippen molar-refractivity contribution >= 4 is 0 Å². The van der Waals surface area contributed by atoms with E-state index in [0.717, 1.165) is 23.9 Å². The Morgan fingerprint density at radius 2 is 1.83 bits per heavy atom. The van der Waals surface area contributed by atoms with Gasteiger partial charge in [0.05, 0.1) is 0 Å². The van der Waals surface area contributed by atoms with Crippen LogP contribution in [0.25, 0.3) is 0 Å². The zero-order chi connectivity index (χ0) is 12.4. The predicted molar refractivity (Wildman–Crippen MR) is 76.7 cm³/mol. The van der Waals surface area contributed by atoms with E-state index in [1.807, 2.05) is 0 Å². The first-order valence-corrected chi connectivity index (χ1v) is 8.30. The average Bonchev–Trinajstić information content (AvgIpc) is 2.88. The van der Waals surface area contributed by atoms with Crippen LogP contribution in [0.1, 0.15) is 58.3 Å². The minimum Gasteiger partial charge on any atom is -0.312 e. The monoisotopic (exact) mass is 250 g/mol. The lowest BCUT2D eigenvalue weighted by Crippen LogP contribution is -2.54. The van der Waals surface area contributed by atoms with Crippen molar-refractivity contribution in [3.63, 3.8) is 0 Å². The molecule has 2 heteroatoms. The van der Waals surface area contributed by atoms with Crippen LogP contribution in [0, 0.1) is 11.8 Å². The second-order valence-electron chi connectivity index (χ2n) is 7.01. The molecule has 3 aliphatic rings. The van der Waals surface area contributed by atoms with E-state index < -0.39 is 0 Å². The maximum atomic E-state index is 3.87. The fourth-order valence-electron chi connectivity index (χ4n) is 4.21. The van der Waals surface area contributed by atoms with Crippen LogP contribution in [0.5, 0.6) is 0 Å². The SMILES string of the molecule is CC1CCC1N1CCCC(NCC2CCCC2)C1. The van der Waals surface area contributed by atoms with Crippen LogP contribution >= 0.6 is 0 Å². The molecular formula is C16H30N2. The van der Waals surface area contributed by atoms with E-state index in [9.17, 15) is 0 Å². The smallest absolute Gasteiger partial charge is 0.0195 e. The molecule has 3 rings (SSSR count). The van der Waals surface area contributed by atoms with Crippen molar-refractivity contribution in [1.29, 1.82) is 0 Å². The van der Waals surface area contributed by atoms with Gasteiger partial charge in [0.25, 0.3) is 0 Å². The molecule has 0 amide bonds. The molecule has 104 valence electrons. The number of rotatable bonds is 4. The molecule has 0 bridgehead atoms. The number of hydrogen-bond acceptors (Lipinski definition) is 2. The molecule has 1 aliphatic heterocycles. The molecule has 2 saturated carbocycles. The zero-order valence-electron chi connectivity index (χ0n) is 12.0. The molecule has 1 saturated heterocycles. The highest BCUT2D eigenvalue weighted by molar-refractivity contribution is 4.90. The molecule has 3 fully saturated rings. The lowest BCUT2D eigenvalue weighted by atomic mass is 9.79. The number of nitrogens with zero attached hydrogens (tertiary/aromatic N) is 1. The fourth-order valence-corrected chi connectivity index (χ4v) is 4.21. The normalized spacial score (nSPS) is 38.8. The Morgan fingerprint density at radius 3 is 2.50 bits per heavy atom. The van der Waals surface area contributed by atoms with Gasteiger partial charge in [0.1, 0.15) is 0 Å². The number of piperidine rings is 1. The topological polar surface area (TPSA) is 15.3 Å². The molecule has 0 spiro atoms. The molecule has 0 aromatic heterocycles. The molecule has 3 atom stereocenters. The van der Waals surface area contributed by atoms with Gasteiger partial charge in [-0.15, -0.1) is 0 Å². The predicted octanol–water partition coefficient (Wildman–Crippen LogP) is 3.03. The van der Waals surface area contributed by atoms with Gasteiger partial charge < -0.3 is 5.32 Å². The third-order valence-corrected chi connectivity index (χ3v) is 5.67. The molecular weight excluding hydrogens is 220 g/mol.